The number of fused-ring (bicyclic) bond motifs is 1. The number of benzene rings is 2. The molecular formula is C23H19ClN2O5. The first kappa shape index (κ1) is 22.0. The van der Waals surface area contributed by atoms with Gasteiger partial charge in [-0.2, -0.15) is 0 Å². The summed E-state index contributed by atoms with van der Waals surface area (Å²) in [5.74, 6) is -2.24. The first-order chi connectivity index (χ1) is 14.9. The number of amides is 3. The van der Waals surface area contributed by atoms with Crippen LogP contribution in [0.4, 0.5) is 5.69 Å². The molecule has 2 aromatic rings. The highest BCUT2D eigenvalue weighted by atomic mass is 35.5. The second-order valence-corrected chi connectivity index (χ2v) is 7.07. The predicted molar refractivity (Wildman–Crippen MR) is 116 cm³/mol. The fourth-order valence-corrected chi connectivity index (χ4v) is 3.21. The monoisotopic (exact) mass is 438 g/mol. The van der Waals surface area contributed by atoms with Gasteiger partial charge in [-0.05, 0) is 42.5 Å². The van der Waals surface area contributed by atoms with E-state index in [0.717, 1.165) is 4.90 Å². The van der Waals surface area contributed by atoms with E-state index in [0.29, 0.717) is 23.8 Å². The van der Waals surface area contributed by atoms with E-state index in [1.807, 2.05) is 0 Å². The maximum absolute atomic E-state index is 12.8. The number of ether oxygens (including phenoxy) is 1. The van der Waals surface area contributed by atoms with Crippen molar-refractivity contribution in [1.29, 1.82) is 0 Å². The van der Waals surface area contributed by atoms with E-state index in [4.69, 9.17) is 16.3 Å². The van der Waals surface area contributed by atoms with Gasteiger partial charge in [-0.3, -0.25) is 14.4 Å². The van der Waals surface area contributed by atoms with E-state index in [1.165, 1.54) is 23.1 Å². The molecule has 0 radical (unpaired) electrons. The second-order valence-electron chi connectivity index (χ2n) is 6.63. The SMILES string of the molecule is C=CCN(CC=C)C(=O)COC(=O)c1ccc2c(c1)C(=O)N(c1ccc(Cl)cc1)C2=O. The topological polar surface area (TPSA) is 84.0 Å². The van der Waals surface area contributed by atoms with Crippen LogP contribution in [0.15, 0.2) is 67.8 Å². The Labute approximate surface area is 184 Å². The molecule has 1 aliphatic heterocycles. The molecule has 0 fully saturated rings. The highest BCUT2D eigenvalue weighted by Gasteiger charge is 2.37. The third-order valence-electron chi connectivity index (χ3n) is 4.59. The first-order valence-corrected chi connectivity index (χ1v) is 9.70. The van der Waals surface area contributed by atoms with Crippen molar-refractivity contribution in [3.63, 3.8) is 0 Å². The van der Waals surface area contributed by atoms with Gasteiger partial charge in [0.1, 0.15) is 0 Å². The van der Waals surface area contributed by atoms with Gasteiger partial charge < -0.3 is 9.64 Å². The summed E-state index contributed by atoms with van der Waals surface area (Å²) in [6, 6.07) is 10.3. The molecule has 0 aliphatic carbocycles. The Hall–Kier alpha value is -3.71. The average Bonchev–Trinajstić information content (AvgIpc) is 3.02. The average molecular weight is 439 g/mol. The minimum Gasteiger partial charge on any atom is -0.452 e. The molecule has 0 spiro atoms. The van der Waals surface area contributed by atoms with Crippen molar-refractivity contribution < 1.29 is 23.9 Å². The van der Waals surface area contributed by atoms with Crippen LogP contribution in [0.1, 0.15) is 31.1 Å². The lowest BCUT2D eigenvalue weighted by molar-refractivity contribution is -0.133. The molecule has 158 valence electrons. The quantitative estimate of drug-likeness (QED) is 0.358. The molecule has 0 bridgehead atoms. The van der Waals surface area contributed by atoms with Crippen molar-refractivity contribution in [3.8, 4) is 0 Å². The van der Waals surface area contributed by atoms with Crippen molar-refractivity contribution in [3.05, 3.63) is 89.5 Å². The standard InChI is InChI=1S/C23H19ClN2O5/c1-3-11-25(12-4-2)20(27)14-31-23(30)15-5-10-18-19(13-15)22(29)26(21(18)28)17-8-6-16(24)7-9-17/h3-10,13H,1-2,11-12,14H2. The number of rotatable bonds is 8. The van der Waals surface area contributed by atoms with Crippen LogP contribution in [0.2, 0.25) is 5.02 Å². The predicted octanol–water partition coefficient (Wildman–Crippen LogP) is 3.50. The Morgan fingerprint density at radius 1 is 0.968 bits per heavy atom. The van der Waals surface area contributed by atoms with Gasteiger partial charge in [0.2, 0.25) is 0 Å². The lowest BCUT2D eigenvalue weighted by Crippen LogP contribution is -2.35. The summed E-state index contributed by atoms with van der Waals surface area (Å²) in [7, 11) is 0. The fraction of sp³-hybridized carbons (Fsp3) is 0.130. The molecule has 2 aromatic carbocycles. The molecule has 3 amide bonds. The Bertz CT molecular complexity index is 1070. The number of imide groups is 1. The third kappa shape index (κ3) is 4.57. The van der Waals surface area contributed by atoms with Crippen molar-refractivity contribution in [1.82, 2.24) is 4.90 Å². The summed E-state index contributed by atoms with van der Waals surface area (Å²) in [6.45, 7) is 7.27. The lowest BCUT2D eigenvalue weighted by Gasteiger charge is -2.18. The van der Waals surface area contributed by atoms with Gasteiger partial charge in [0, 0.05) is 18.1 Å². The maximum Gasteiger partial charge on any atom is 0.338 e. The van der Waals surface area contributed by atoms with Crippen LogP contribution in [0.5, 0.6) is 0 Å². The van der Waals surface area contributed by atoms with Gasteiger partial charge in [-0.25, -0.2) is 9.69 Å². The number of carbonyl (C=O) groups excluding carboxylic acids is 4. The summed E-state index contributed by atoms with van der Waals surface area (Å²) in [4.78, 5) is 52.5. The van der Waals surface area contributed by atoms with Crippen molar-refractivity contribution in [2.75, 3.05) is 24.6 Å². The van der Waals surface area contributed by atoms with Gasteiger partial charge in [-0.15, -0.1) is 13.2 Å². The Morgan fingerprint density at radius 3 is 2.19 bits per heavy atom. The van der Waals surface area contributed by atoms with Crippen molar-refractivity contribution in [2.24, 2.45) is 0 Å². The molecule has 1 aliphatic rings. The van der Waals surface area contributed by atoms with Gasteiger partial charge in [0.15, 0.2) is 6.61 Å². The zero-order chi connectivity index (χ0) is 22.5. The van der Waals surface area contributed by atoms with Crippen LogP contribution >= 0.6 is 11.6 Å². The van der Waals surface area contributed by atoms with E-state index >= 15 is 0 Å². The number of nitrogens with zero attached hydrogens (tertiary/aromatic N) is 2. The number of hydrogen-bond acceptors (Lipinski definition) is 5. The molecule has 1 heterocycles. The Kier molecular flexibility index (Phi) is 6.67. The first-order valence-electron chi connectivity index (χ1n) is 9.32. The summed E-state index contributed by atoms with van der Waals surface area (Å²) < 4.78 is 5.09. The van der Waals surface area contributed by atoms with Gasteiger partial charge in [0.05, 0.1) is 22.4 Å². The highest BCUT2D eigenvalue weighted by Crippen LogP contribution is 2.30. The van der Waals surface area contributed by atoms with Crippen molar-refractivity contribution >= 4 is 41.0 Å². The minimum atomic E-state index is -0.779. The van der Waals surface area contributed by atoms with Crippen LogP contribution in [0.25, 0.3) is 0 Å². The van der Waals surface area contributed by atoms with Gasteiger partial charge >= 0.3 is 5.97 Å². The van der Waals surface area contributed by atoms with E-state index in [2.05, 4.69) is 13.2 Å². The van der Waals surface area contributed by atoms with Crippen LogP contribution < -0.4 is 4.90 Å². The van der Waals surface area contributed by atoms with E-state index in [1.54, 1.807) is 36.4 Å². The zero-order valence-corrected chi connectivity index (χ0v) is 17.3. The molecular weight excluding hydrogens is 420 g/mol. The third-order valence-corrected chi connectivity index (χ3v) is 4.84. The second kappa shape index (κ2) is 9.40. The molecule has 0 unspecified atom stereocenters. The van der Waals surface area contributed by atoms with Gasteiger partial charge in [0.25, 0.3) is 17.7 Å². The van der Waals surface area contributed by atoms with Crippen LogP contribution in [0, 0.1) is 0 Å². The van der Waals surface area contributed by atoms with E-state index in [9.17, 15) is 19.2 Å². The highest BCUT2D eigenvalue weighted by molar-refractivity contribution is 6.35. The largest absolute Gasteiger partial charge is 0.452 e. The van der Waals surface area contributed by atoms with Crippen molar-refractivity contribution in [2.45, 2.75) is 0 Å². The molecule has 8 heteroatoms. The molecule has 7 nitrogen and oxygen atoms in total. The molecule has 0 aromatic heterocycles. The van der Waals surface area contributed by atoms with Crippen LogP contribution in [-0.4, -0.2) is 48.3 Å². The molecule has 3 rings (SSSR count). The Balaban J connectivity index is 1.74. The molecule has 0 saturated carbocycles. The Morgan fingerprint density at radius 2 is 1.58 bits per heavy atom. The normalized spacial score (nSPS) is 12.4. The maximum atomic E-state index is 12.8. The number of anilines is 1. The number of esters is 1. The molecule has 0 N–H and O–H groups in total. The number of hydrogen-bond donors (Lipinski definition) is 0. The summed E-state index contributed by atoms with van der Waals surface area (Å²) in [5.41, 5.74) is 0.691. The molecule has 31 heavy (non-hydrogen) atoms. The zero-order valence-electron chi connectivity index (χ0n) is 16.5. The summed E-state index contributed by atoms with van der Waals surface area (Å²) in [6.07, 6.45) is 3.11. The summed E-state index contributed by atoms with van der Waals surface area (Å²) in [5, 5.41) is 0.472. The van der Waals surface area contributed by atoms with E-state index < -0.39 is 30.3 Å². The van der Waals surface area contributed by atoms with Crippen LogP contribution in [0.3, 0.4) is 0 Å². The minimum absolute atomic E-state index is 0.0599. The fourth-order valence-electron chi connectivity index (χ4n) is 3.08. The number of halogens is 1. The number of carbonyl (C=O) groups is 4. The molecule has 0 atom stereocenters. The van der Waals surface area contributed by atoms with E-state index in [-0.39, 0.29) is 16.7 Å². The molecule has 0 saturated heterocycles. The smallest absolute Gasteiger partial charge is 0.338 e. The summed E-state index contributed by atoms with van der Waals surface area (Å²) >= 11 is 5.87. The van der Waals surface area contributed by atoms with Gasteiger partial charge in [-0.1, -0.05) is 23.8 Å². The lowest BCUT2D eigenvalue weighted by atomic mass is 10.1. The van der Waals surface area contributed by atoms with Crippen LogP contribution in [-0.2, 0) is 9.53 Å².